The molecule has 0 aromatic heterocycles. The Morgan fingerprint density at radius 3 is 2.61 bits per heavy atom. The molecule has 2 aromatic carbocycles. The zero-order valence-corrected chi connectivity index (χ0v) is 13.2. The van der Waals surface area contributed by atoms with Gasteiger partial charge in [0, 0.05) is 5.56 Å². The molecule has 0 aliphatic carbocycles. The molecular weight excluding hydrogens is 292 g/mol. The molecule has 0 aliphatic heterocycles. The molecule has 120 valence electrons. The molecule has 0 heterocycles. The standard InChI is InChI=1S/C18H20N2O3/c1-12-5-3-6-14(9-12)11-23-16-8-4-7-15(10-16)18(22)20-13(2)17(19)21/h3-10,13H,11H2,1-2H3,(H2,19,21)(H,20,22). The SMILES string of the molecule is Cc1cccc(COc2cccc(C(=O)NC(C)C(N)=O)c2)c1. The molecule has 2 aromatic rings. The van der Waals surface area contributed by atoms with Crippen molar-refractivity contribution < 1.29 is 14.3 Å². The van der Waals surface area contributed by atoms with E-state index in [-0.39, 0.29) is 5.91 Å². The summed E-state index contributed by atoms with van der Waals surface area (Å²) in [6.45, 7) is 3.98. The number of hydrogen-bond acceptors (Lipinski definition) is 3. The lowest BCUT2D eigenvalue weighted by Crippen LogP contribution is -2.42. The monoisotopic (exact) mass is 312 g/mol. The van der Waals surface area contributed by atoms with Gasteiger partial charge >= 0.3 is 0 Å². The number of aryl methyl sites for hydroxylation is 1. The quantitative estimate of drug-likeness (QED) is 0.857. The average molecular weight is 312 g/mol. The van der Waals surface area contributed by atoms with Gasteiger partial charge < -0.3 is 15.8 Å². The minimum absolute atomic E-state index is 0.364. The van der Waals surface area contributed by atoms with Crippen LogP contribution in [0, 0.1) is 6.92 Å². The van der Waals surface area contributed by atoms with Crippen molar-refractivity contribution >= 4 is 11.8 Å². The summed E-state index contributed by atoms with van der Waals surface area (Å²) in [4.78, 5) is 23.1. The minimum atomic E-state index is -0.723. The molecule has 0 saturated carbocycles. The van der Waals surface area contributed by atoms with Crippen LogP contribution in [0.25, 0.3) is 0 Å². The van der Waals surface area contributed by atoms with E-state index in [9.17, 15) is 9.59 Å². The summed E-state index contributed by atoms with van der Waals surface area (Å²) in [5.74, 6) is -0.353. The molecule has 3 N–H and O–H groups in total. The van der Waals surface area contributed by atoms with Gasteiger partial charge in [-0.1, -0.05) is 35.9 Å². The summed E-state index contributed by atoms with van der Waals surface area (Å²) in [6.07, 6.45) is 0. The highest BCUT2D eigenvalue weighted by Crippen LogP contribution is 2.16. The van der Waals surface area contributed by atoms with Crippen LogP contribution in [0.4, 0.5) is 0 Å². The predicted octanol–water partition coefficient (Wildman–Crippen LogP) is 2.18. The lowest BCUT2D eigenvalue weighted by atomic mass is 10.1. The third-order valence-electron chi connectivity index (χ3n) is 3.36. The number of benzene rings is 2. The highest BCUT2D eigenvalue weighted by Gasteiger charge is 2.14. The summed E-state index contributed by atoms with van der Waals surface area (Å²) < 4.78 is 5.72. The summed E-state index contributed by atoms with van der Waals surface area (Å²) in [6, 6.07) is 14.1. The van der Waals surface area contributed by atoms with Gasteiger partial charge in [-0.3, -0.25) is 9.59 Å². The summed E-state index contributed by atoms with van der Waals surface area (Å²) in [5.41, 5.74) is 7.78. The molecule has 0 bridgehead atoms. The van der Waals surface area contributed by atoms with Gasteiger partial charge in [-0.2, -0.15) is 0 Å². The van der Waals surface area contributed by atoms with Gasteiger partial charge in [-0.15, -0.1) is 0 Å². The number of rotatable bonds is 6. The van der Waals surface area contributed by atoms with Crippen molar-refractivity contribution in [3.8, 4) is 5.75 Å². The molecule has 1 unspecified atom stereocenters. The van der Waals surface area contributed by atoms with Crippen molar-refractivity contribution in [3.05, 3.63) is 65.2 Å². The lowest BCUT2D eigenvalue weighted by Gasteiger charge is -2.11. The predicted molar refractivity (Wildman–Crippen MR) is 88.1 cm³/mol. The van der Waals surface area contributed by atoms with Crippen molar-refractivity contribution in [2.45, 2.75) is 26.5 Å². The minimum Gasteiger partial charge on any atom is -0.489 e. The molecule has 0 aliphatic rings. The second-order valence-electron chi connectivity index (χ2n) is 5.40. The van der Waals surface area contributed by atoms with Crippen LogP contribution in [0.3, 0.4) is 0 Å². The Balaban J connectivity index is 2.02. The van der Waals surface area contributed by atoms with Crippen LogP contribution in [0.2, 0.25) is 0 Å². The summed E-state index contributed by atoms with van der Waals surface area (Å²) in [7, 11) is 0. The van der Waals surface area contributed by atoms with E-state index >= 15 is 0 Å². The molecule has 1 atom stereocenters. The maximum atomic E-state index is 12.1. The number of carbonyl (C=O) groups is 2. The molecule has 0 fully saturated rings. The largest absolute Gasteiger partial charge is 0.489 e. The summed E-state index contributed by atoms with van der Waals surface area (Å²) >= 11 is 0. The first kappa shape index (κ1) is 16.5. The van der Waals surface area contributed by atoms with E-state index in [1.807, 2.05) is 31.2 Å². The highest BCUT2D eigenvalue weighted by atomic mass is 16.5. The van der Waals surface area contributed by atoms with Gasteiger partial charge in [0.05, 0.1) is 0 Å². The van der Waals surface area contributed by atoms with Crippen LogP contribution >= 0.6 is 0 Å². The van der Waals surface area contributed by atoms with E-state index in [0.29, 0.717) is 17.9 Å². The number of primary amides is 1. The fourth-order valence-electron chi connectivity index (χ4n) is 2.05. The van der Waals surface area contributed by atoms with Gasteiger partial charge in [0.15, 0.2) is 0 Å². The Hall–Kier alpha value is -2.82. The van der Waals surface area contributed by atoms with Crippen LogP contribution in [0.5, 0.6) is 5.75 Å². The molecule has 5 heteroatoms. The fourth-order valence-corrected chi connectivity index (χ4v) is 2.05. The van der Waals surface area contributed by atoms with Crippen LogP contribution in [0.15, 0.2) is 48.5 Å². The topological polar surface area (TPSA) is 81.4 Å². The first-order valence-corrected chi connectivity index (χ1v) is 7.34. The van der Waals surface area contributed by atoms with Crippen LogP contribution in [-0.4, -0.2) is 17.9 Å². The van der Waals surface area contributed by atoms with Crippen LogP contribution in [0.1, 0.15) is 28.4 Å². The molecule has 0 radical (unpaired) electrons. The molecule has 0 saturated heterocycles. The fraction of sp³-hybridized carbons (Fsp3) is 0.222. The Morgan fingerprint density at radius 2 is 1.91 bits per heavy atom. The van der Waals surface area contributed by atoms with Crippen LogP contribution in [-0.2, 0) is 11.4 Å². The zero-order chi connectivity index (χ0) is 16.8. The number of nitrogens with two attached hydrogens (primary N) is 1. The molecule has 0 spiro atoms. The number of hydrogen-bond donors (Lipinski definition) is 2. The second-order valence-corrected chi connectivity index (χ2v) is 5.40. The maximum absolute atomic E-state index is 12.1. The number of nitrogens with one attached hydrogen (secondary N) is 1. The Bertz CT molecular complexity index is 713. The number of ether oxygens (including phenoxy) is 1. The Kier molecular flexibility index (Phi) is 5.36. The van der Waals surface area contributed by atoms with Gasteiger partial charge in [0.1, 0.15) is 18.4 Å². The van der Waals surface area contributed by atoms with Gasteiger partial charge in [-0.05, 0) is 37.6 Å². The van der Waals surface area contributed by atoms with Crippen molar-refractivity contribution in [3.63, 3.8) is 0 Å². The van der Waals surface area contributed by atoms with E-state index in [4.69, 9.17) is 10.5 Å². The first-order valence-electron chi connectivity index (χ1n) is 7.34. The Morgan fingerprint density at radius 1 is 1.17 bits per heavy atom. The van der Waals surface area contributed by atoms with E-state index in [1.165, 1.54) is 5.56 Å². The van der Waals surface area contributed by atoms with Crippen molar-refractivity contribution in [1.29, 1.82) is 0 Å². The van der Waals surface area contributed by atoms with Crippen molar-refractivity contribution in [2.75, 3.05) is 0 Å². The average Bonchev–Trinajstić information content (AvgIpc) is 2.53. The first-order chi connectivity index (χ1) is 11.0. The Labute approximate surface area is 135 Å². The highest BCUT2D eigenvalue weighted by molar-refractivity contribution is 5.97. The number of carbonyl (C=O) groups excluding carboxylic acids is 2. The van der Waals surface area contributed by atoms with Crippen molar-refractivity contribution in [1.82, 2.24) is 5.32 Å². The van der Waals surface area contributed by atoms with Gasteiger partial charge in [0.2, 0.25) is 5.91 Å². The smallest absolute Gasteiger partial charge is 0.252 e. The summed E-state index contributed by atoms with van der Waals surface area (Å²) in [5, 5.41) is 2.54. The maximum Gasteiger partial charge on any atom is 0.252 e. The molecule has 23 heavy (non-hydrogen) atoms. The lowest BCUT2D eigenvalue weighted by molar-refractivity contribution is -0.119. The zero-order valence-electron chi connectivity index (χ0n) is 13.2. The van der Waals surface area contributed by atoms with Gasteiger partial charge in [0.25, 0.3) is 5.91 Å². The third-order valence-corrected chi connectivity index (χ3v) is 3.36. The second kappa shape index (κ2) is 7.45. The normalized spacial score (nSPS) is 11.6. The molecule has 2 rings (SSSR count). The third kappa shape index (κ3) is 4.85. The van der Waals surface area contributed by atoms with Crippen LogP contribution < -0.4 is 15.8 Å². The van der Waals surface area contributed by atoms with E-state index < -0.39 is 11.9 Å². The van der Waals surface area contributed by atoms with Crippen molar-refractivity contribution in [2.24, 2.45) is 5.73 Å². The number of amides is 2. The van der Waals surface area contributed by atoms with E-state index in [0.717, 1.165) is 5.56 Å². The van der Waals surface area contributed by atoms with Gasteiger partial charge in [-0.25, -0.2) is 0 Å². The molecule has 5 nitrogen and oxygen atoms in total. The van der Waals surface area contributed by atoms with E-state index in [2.05, 4.69) is 5.32 Å². The molecular formula is C18H20N2O3. The molecule has 2 amide bonds. The van der Waals surface area contributed by atoms with E-state index in [1.54, 1.807) is 31.2 Å².